The highest BCUT2D eigenvalue weighted by Gasteiger charge is 2.10. The van der Waals surface area contributed by atoms with Crippen LogP contribution >= 0.6 is 0 Å². The predicted molar refractivity (Wildman–Crippen MR) is 67.6 cm³/mol. The summed E-state index contributed by atoms with van der Waals surface area (Å²) >= 11 is 0. The second kappa shape index (κ2) is 6.60. The molecule has 0 atom stereocenters. The van der Waals surface area contributed by atoms with E-state index in [1.165, 1.54) is 6.07 Å². The van der Waals surface area contributed by atoms with Gasteiger partial charge in [0.1, 0.15) is 6.61 Å². The lowest BCUT2D eigenvalue weighted by atomic mass is 10.2. The fourth-order valence-corrected chi connectivity index (χ4v) is 1.53. The van der Waals surface area contributed by atoms with Crippen molar-refractivity contribution >= 4 is 6.09 Å². The van der Waals surface area contributed by atoms with E-state index in [1.54, 1.807) is 0 Å². The van der Waals surface area contributed by atoms with Crippen LogP contribution in [-0.4, -0.2) is 11.1 Å². The van der Waals surface area contributed by atoms with Gasteiger partial charge in [-0.05, 0) is 11.6 Å². The number of halogens is 2. The number of rotatable bonds is 4. The predicted octanol–water partition coefficient (Wildman–Crippen LogP) is 2.79. The molecule has 1 amide bonds. The SMILES string of the molecule is O=C(NCc1ccnc(F)c1F)OCc1ccccc1. The second-order valence-corrected chi connectivity index (χ2v) is 3.99. The molecule has 2 rings (SSSR count). The van der Waals surface area contributed by atoms with Crippen molar-refractivity contribution in [3.8, 4) is 0 Å². The monoisotopic (exact) mass is 278 g/mol. The molecule has 0 bridgehead atoms. The van der Waals surface area contributed by atoms with Crippen LogP contribution < -0.4 is 5.32 Å². The molecule has 0 radical (unpaired) electrons. The number of amides is 1. The summed E-state index contributed by atoms with van der Waals surface area (Å²) in [5.41, 5.74) is 0.845. The molecule has 1 heterocycles. The summed E-state index contributed by atoms with van der Waals surface area (Å²) in [7, 11) is 0. The number of pyridine rings is 1. The van der Waals surface area contributed by atoms with E-state index in [4.69, 9.17) is 4.74 Å². The molecule has 4 nitrogen and oxygen atoms in total. The number of alkyl carbamates (subject to hydrolysis) is 1. The lowest BCUT2D eigenvalue weighted by Crippen LogP contribution is -2.24. The maximum Gasteiger partial charge on any atom is 0.407 e. The molecule has 1 N–H and O–H groups in total. The number of hydrogen-bond acceptors (Lipinski definition) is 3. The quantitative estimate of drug-likeness (QED) is 0.875. The van der Waals surface area contributed by atoms with Gasteiger partial charge in [0.15, 0.2) is 5.82 Å². The van der Waals surface area contributed by atoms with Gasteiger partial charge in [-0.15, -0.1) is 0 Å². The number of ether oxygens (including phenoxy) is 1. The summed E-state index contributed by atoms with van der Waals surface area (Å²) in [6, 6.07) is 10.4. The molecule has 104 valence electrons. The zero-order valence-electron chi connectivity index (χ0n) is 10.5. The van der Waals surface area contributed by atoms with E-state index in [0.717, 1.165) is 11.8 Å². The molecule has 20 heavy (non-hydrogen) atoms. The van der Waals surface area contributed by atoms with Crippen LogP contribution in [0.2, 0.25) is 0 Å². The van der Waals surface area contributed by atoms with E-state index in [1.807, 2.05) is 30.3 Å². The maximum absolute atomic E-state index is 13.3. The van der Waals surface area contributed by atoms with Crippen LogP contribution in [0.5, 0.6) is 0 Å². The van der Waals surface area contributed by atoms with Gasteiger partial charge in [-0.25, -0.2) is 14.2 Å². The van der Waals surface area contributed by atoms with Crippen molar-refractivity contribution in [2.75, 3.05) is 0 Å². The maximum atomic E-state index is 13.3. The molecule has 2 aromatic rings. The summed E-state index contributed by atoms with van der Waals surface area (Å²) in [4.78, 5) is 14.6. The Morgan fingerprint density at radius 3 is 2.70 bits per heavy atom. The topological polar surface area (TPSA) is 51.2 Å². The summed E-state index contributed by atoms with van der Waals surface area (Å²) in [6.07, 6.45) is 0.426. The molecule has 0 fully saturated rings. The van der Waals surface area contributed by atoms with Crippen molar-refractivity contribution in [2.45, 2.75) is 13.2 Å². The van der Waals surface area contributed by atoms with Gasteiger partial charge in [-0.1, -0.05) is 30.3 Å². The molecular formula is C14H12F2N2O2. The Labute approximate surface area is 114 Å². The van der Waals surface area contributed by atoms with Crippen LogP contribution in [0.4, 0.5) is 13.6 Å². The van der Waals surface area contributed by atoms with E-state index in [0.29, 0.717) is 0 Å². The zero-order chi connectivity index (χ0) is 14.4. The summed E-state index contributed by atoms with van der Waals surface area (Å²) in [5.74, 6) is -2.27. The molecule has 0 aliphatic heterocycles. The van der Waals surface area contributed by atoms with Crippen molar-refractivity contribution in [3.05, 3.63) is 65.5 Å². The summed E-state index contributed by atoms with van der Waals surface area (Å²) in [6.45, 7) is -0.0568. The van der Waals surface area contributed by atoms with Gasteiger partial charge < -0.3 is 10.1 Å². The van der Waals surface area contributed by atoms with E-state index < -0.39 is 17.9 Å². The van der Waals surface area contributed by atoms with E-state index in [2.05, 4.69) is 10.3 Å². The number of nitrogens with one attached hydrogen (secondary N) is 1. The number of benzene rings is 1. The molecule has 0 unspecified atom stereocenters. The molecule has 0 spiro atoms. The fraction of sp³-hybridized carbons (Fsp3) is 0.143. The highest BCUT2D eigenvalue weighted by molar-refractivity contribution is 5.67. The van der Waals surface area contributed by atoms with Crippen molar-refractivity contribution in [3.63, 3.8) is 0 Å². The van der Waals surface area contributed by atoms with Gasteiger partial charge >= 0.3 is 6.09 Å². The van der Waals surface area contributed by atoms with Gasteiger partial charge in [-0.2, -0.15) is 4.39 Å². The molecule has 0 saturated heterocycles. The zero-order valence-corrected chi connectivity index (χ0v) is 10.5. The van der Waals surface area contributed by atoms with Crippen molar-refractivity contribution in [1.29, 1.82) is 0 Å². The van der Waals surface area contributed by atoms with Crippen LogP contribution in [0.3, 0.4) is 0 Å². The Kier molecular flexibility index (Phi) is 4.60. The molecule has 0 saturated carbocycles. The van der Waals surface area contributed by atoms with Gasteiger partial charge in [0.05, 0.1) is 0 Å². The third-order valence-electron chi connectivity index (χ3n) is 2.56. The van der Waals surface area contributed by atoms with Gasteiger partial charge in [0.2, 0.25) is 5.95 Å². The van der Waals surface area contributed by atoms with Crippen LogP contribution in [0.15, 0.2) is 42.6 Å². The number of carbonyl (C=O) groups is 1. The Morgan fingerprint density at radius 2 is 1.95 bits per heavy atom. The average molecular weight is 278 g/mol. The minimum absolute atomic E-state index is 0.00848. The highest BCUT2D eigenvalue weighted by atomic mass is 19.2. The van der Waals surface area contributed by atoms with E-state index in [-0.39, 0.29) is 18.7 Å². The number of aromatic nitrogens is 1. The Bertz CT molecular complexity index is 591. The molecule has 1 aromatic heterocycles. The smallest absolute Gasteiger partial charge is 0.407 e. The summed E-state index contributed by atoms with van der Waals surface area (Å²) in [5, 5.41) is 2.34. The Morgan fingerprint density at radius 1 is 1.20 bits per heavy atom. The lowest BCUT2D eigenvalue weighted by Gasteiger charge is -2.07. The second-order valence-electron chi connectivity index (χ2n) is 3.99. The molecule has 0 aliphatic rings. The van der Waals surface area contributed by atoms with Crippen LogP contribution in [0.1, 0.15) is 11.1 Å². The van der Waals surface area contributed by atoms with Crippen molar-refractivity contribution in [2.24, 2.45) is 0 Å². The first-order valence-corrected chi connectivity index (χ1v) is 5.90. The van der Waals surface area contributed by atoms with Gasteiger partial charge in [0.25, 0.3) is 0 Å². The molecule has 6 heteroatoms. The third kappa shape index (κ3) is 3.74. The number of carbonyl (C=O) groups excluding carboxylic acids is 1. The molecule has 1 aromatic carbocycles. The minimum atomic E-state index is -1.19. The van der Waals surface area contributed by atoms with Gasteiger partial charge in [-0.3, -0.25) is 0 Å². The first-order chi connectivity index (χ1) is 9.66. The lowest BCUT2D eigenvalue weighted by molar-refractivity contribution is 0.139. The minimum Gasteiger partial charge on any atom is -0.445 e. The largest absolute Gasteiger partial charge is 0.445 e. The normalized spacial score (nSPS) is 10.1. The molecule has 0 aliphatic carbocycles. The van der Waals surface area contributed by atoms with E-state index >= 15 is 0 Å². The van der Waals surface area contributed by atoms with Crippen LogP contribution in [0.25, 0.3) is 0 Å². The average Bonchev–Trinajstić information content (AvgIpc) is 2.48. The number of hydrogen-bond donors (Lipinski definition) is 1. The fourth-order valence-electron chi connectivity index (χ4n) is 1.53. The van der Waals surface area contributed by atoms with Crippen molar-refractivity contribution in [1.82, 2.24) is 10.3 Å². The van der Waals surface area contributed by atoms with Gasteiger partial charge in [0, 0.05) is 18.3 Å². The molecular weight excluding hydrogens is 266 g/mol. The van der Waals surface area contributed by atoms with Crippen molar-refractivity contribution < 1.29 is 18.3 Å². The number of nitrogens with zero attached hydrogens (tertiary/aromatic N) is 1. The van der Waals surface area contributed by atoms with E-state index in [9.17, 15) is 13.6 Å². The standard InChI is InChI=1S/C14H12F2N2O2/c15-12-11(6-7-17-13(12)16)8-18-14(19)20-9-10-4-2-1-3-5-10/h1-7H,8-9H2,(H,18,19). The Balaban J connectivity index is 1.82. The third-order valence-corrected chi connectivity index (χ3v) is 2.56. The van der Waals surface area contributed by atoms with Crippen LogP contribution in [-0.2, 0) is 17.9 Å². The first kappa shape index (κ1) is 13.9. The van der Waals surface area contributed by atoms with Crippen LogP contribution in [0, 0.1) is 11.8 Å². The Hall–Kier alpha value is -2.50. The first-order valence-electron chi connectivity index (χ1n) is 5.90. The highest BCUT2D eigenvalue weighted by Crippen LogP contribution is 2.08. The summed E-state index contributed by atoms with van der Waals surface area (Å²) < 4.78 is 31.1.